The summed E-state index contributed by atoms with van der Waals surface area (Å²) in [6.07, 6.45) is 8.33. The summed E-state index contributed by atoms with van der Waals surface area (Å²) in [7, 11) is 0. The average molecular weight is 296 g/mol. The Bertz CT molecular complexity index is 280. The zero-order valence-electron chi connectivity index (χ0n) is 14.7. The van der Waals surface area contributed by atoms with E-state index in [9.17, 15) is 0 Å². The van der Waals surface area contributed by atoms with Gasteiger partial charge in [0, 0.05) is 45.3 Å². The molecule has 1 unspecified atom stereocenters. The van der Waals surface area contributed by atoms with Gasteiger partial charge in [-0.05, 0) is 37.6 Å². The molecule has 21 heavy (non-hydrogen) atoms. The highest BCUT2D eigenvalue weighted by atomic mass is 15.3. The second-order valence-corrected chi connectivity index (χ2v) is 7.59. The summed E-state index contributed by atoms with van der Waals surface area (Å²) in [5.41, 5.74) is 0.435. The van der Waals surface area contributed by atoms with Crippen LogP contribution in [0.1, 0.15) is 59.3 Å². The molecule has 0 spiro atoms. The van der Waals surface area contributed by atoms with E-state index < -0.39 is 0 Å². The first-order chi connectivity index (χ1) is 10.2. The predicted octanol–water partition coefficient (Wildman–Crippen LogP) is 2.96. The molecular weight excluding hydrogens is 258 g/mol. The van der Waals surface area contributed by atoms with Crippen LogP contribution in [0, 0.1) is 5.41 Å². The van der Waals surface area contributed by atoms with Gasteiger partial charge in [0.1, 0.15) is 0 Å². The molecule has 0 aromatic rings. The minimum Gasteiger partial charge on any atom is -0.316 e. The summed E-state index contributed by atoms with van der Waals surface area (Å²) in [6, 6.07) is 0.913. The van der Waals surface area contributed by atoms with Crippen LogP contribution in [0.5, 0.6) is 0 Å². The van der Waals surface area contributed by atoms with Crippen molar-refractivity contribution in [3.63, 3.8) is 0 Å². The van der Waals surface area contributed by atoms with Gasteiger partial charge >= 0.3 is 0 Å². The van der Waals surface area contributed by atoms with Gasteiger partial charge in [-0.2, -0.15) is 0 Å². The molecule has 1 aliphatic carbocycles. The summed E-state index contributed by atoms with van der Waals surface area (Å²) in [5, 5.41) is 3.63. The average Bonchev–Trinajstić information content (AvgIpc) is 3.03. The van der Waals surface area contributed by atoms with Crippen molar-refractivity contribution in [1.82, 2.24) is 15.1 Å². The van der Waals surface area contributed by atoms with Crippen molar-refractivity contribution in [2.45, 2.75) is 65.3 Å². The van der Waals surface area contributed by atoms with E-state index in [1.54, 1.807) is 0 Å². The van der Waals surface area contributed by atoms with Crippen LogP contribution in [-0.4, -0.2) is 61.7 Å². The van der Waals surface area contributed by atoms with E-state index in [1.165, 1.54) is 77.8 Å². The lowest BCUT2D eigenvalue weighted by atomic mass is 9.86. The highest BCUT2D eigenvalue weighted by molar-refractivity contribution is 4.85. The maximum absolute atomic E-state index is 3.63. The van der Waals surface area contributed by atoms with Crippen molar-refractivity contribution in [2.75, 3.05) is 45.8 Å². The molecule has 1 heterocycles. The second kappa shape index (κ2) is 8.50. The number of hydrogen-bond donors (Lipinski definition) is 1. The van der Waals surface area contributed by atoms with Crippen molar-refractivity contribution < 1.29 is 0 Å². The normalized spacial score (nSPS) is 25.3. The fourth-order valence-electron chi connectivity index (χ4n) is 3.96. The van der Waals surface area contributed by atoms with Crippen LogP contribution < -0.4 is 5.32 Å². The van der Waals surface area contributed by atoms with Crippen LogP contribution >= 0.6 is 0 Å². The molecule has 2 fully saturated rings. The van der Waals surface area contributed by atoms with E-state index in [-0.39, 0.29) is 0 Å². The van der Waals surface area contributed by atoms with Gasteiger partial charge in [0.15, 0.2) is 0 Å². The highest BCUT2D eigenvalue weighted by Crippen LogP contribution is 2.26. The van der Waals surface area contributed by atoms with E-state index in [0.29, 0.717) is 5.41 Å². The molecule has 1 atom stereocenters. The molecule has 0 amide bonds. The van der Waals surface area contributed by atoms with Crippen molar-refractivity contribution in [2.24, 2.45) is 5.41 Å². The van der Waals surface area contributed by atoms with Gasteiger partial charge in [0.2, 0.25) is 0 Å². The van der Waals surface area contributed by atoms with Gasteiger partial charge < -0.3 is 10.2 Å². The molecule has 3 nitrogen and oxygen atoms in total. The molecule has 1 saturated heterocycles. The number of hydrogen-bond acceptors (Lipinski definition) is 3. The van der Waals surface area contributed by atoms with Crippen LogP contribution in [0.4, 0.5) is 0 Å². The third-order valence-corrected chi connectivity index (χ3v) is 5.69. The van der Waals surface area contributed by atoms with Crippen molar-refractivity contribution >= 4 is 0 Å². The lowest BCUT2D eigenvalue weighted by molar-refractivity contribution is 0.0670. The van der Waals surface area contributed by atoms with E-state index in [2.05, 4.69) is 35.9 Å². The second-order valence-electron chi connectivity index (χ2n) is 7.59. The molecule has 3 heteroatoms. The molecular formula is C18H37N3. The minimum absolute atomic E-state index is 0.435. The van der Waals surface area contributed by atoms with E-state index >= 15 is 0 Å². The lowest BCUT2D eigenvalue weighted by Crippen LogP contribution is -2.53. The van der Waals surface area contributed by atoms with Crippen LogP contribution in [0.25, 0.3) is 0 Å². The molecule has 1 aliphatic heterocycles. The van der Waals surface area contributed by atoms with Gasteiger partial charge in [0.05, 0.1) is 0 Å². The first-order valence-electron chi connectivity index (χ1n) is 9.34. The molecule has 0 aromatic carbocycles. The Kier molecular flexibility index (Phi) is 6.97. The Balaban J connectivity index is 1.72. The van der Waals surface area contributed by atoms with Crippen LogP contribution in [0.3, 0.4) is 0 Å². The molecule has 2 aliphatic rings. The number of piperazine rings is 1. The molecule has 0 bridgehead atoms. The first kappa shape index (κ1) is 17.2. The van der Waals surface area contributed by atoms with Crippen LogP contribution in [0.2, 0.25) is 0 Å². The topological polar surface area (TPSA) is 18.5 Å². The smallest absolute Gasteiger partial charge is 0.0113 e. The minimum atomic E-state index is 0.435. The summed E-state index contributed by atoms with van der Waals surface area (Å²) >= 11 is 0. The molecule has 0 radical (unpaired) electrons. The van der Waals surface area contributed by atoms with Crippen LogP contribution in [0.15, 0.2) is 0 Å². The largest absolute Gasteiger partial charge is 0.316 e. The van der Waals surface area contributed by atoms with Crippen molar-refractivity contribution in [3.05, 3.63) is 0 Å². The summed E-state index contributed by atoms with van der Waals surface area (Å²) in [6.45, 7) is 15.8. The Morgan fingerprint density at radius 1 is 1.05 bits per heavy atom. The third-order valence-electron chi connectivity index (χ3n) is 5.69. The van der Waals surface area contributed by atoms with Gasteiger partial charge in [-0.25, -0.2) is 0 Å². The number of nitrogens with one attached hydrogen (secondary N) is 1. The van der Waals surface area contributed by atoms with Crippen molar-refractivity contribution in [3.8, 4) is 0 Å². The number of nitrogens with zero attached hydrogens (tertiary/aromatic N) is 2. The first-order valence-corrected chi connectivity index (χ1v) is 9.34. The highest BCUT2D eigenvalue weighted by Gasteiger charge is 2.30. The Morgan fingerprint density at radius 3 is 2.29 bits per heavy atom. The van der Waals surface area contributed by atoms with E-state index in [1.807, 2.05) is 0 Å². The van der Waals surface area contributed by atoms with Gasteiger partial charge in [-0.15, -0.1) is 0 Å². The fourth-order valence-corrected chi connectivity index (χ4v) is 3.96. The van der Waals surface area contributed by atoms with Gasteiger partial charge in [-0.1, -0.05) is 33.6 Å². The molecule has 1 N–H and O–H groups in total. The molecule has 2 rings (SSSR count). The maximum atomic E-state index is 3.63. The SMILES string of the molecule is CCCNCC(C)(CC)CN1CCN(C2CCCC2)CC1. The van der Waals surface area contributed by atoms with Crippen molar-refractivity contribution in [1.29, 1.82) is 0 Å². The Labute approximate surface area is 132 Å². The fraction of sp³-hybridized carbons (Fsp3) is 1.00. The third kappa shape index (κ3) is 5.22. The summed E-state index contributed by atoms with van der Waals surface area (Å²) in [5.74, 6) is 0. The maximum Gasteiger partial charge on any atom is 0.0113 e. The lowest BCUT2D eigenvalue weighted by Gasteiger charge is -2.42. The Hall–Kier alpha value is -0.120. The van der Waals surface area contributed by atoms with Gasteiger partial charge in [0.25, 0.3) is 0 Å². The summed E-state index contributed by atoms with van der Waals surface area (Å²) < 4.78 is 0. The standard InChI is InChI=1S/C18H37N3/c1-4-10-19-15-18(3,5-2)16-20-11-13-21(14-12-20)17-8-6-7-9-17/h17,19H,4-16H2,1-3H3. The summed E-state index contributed by atoms with van der Waals surface area (Å²) in [4.78, 5) is 5.48. The molecule has 124 valence electrons. The molecule has 1 saturated carbocycles. The van der Waals surface area contributed by atoms with Gasteiger partial charge in [-0.3, -0.25) is 4.90 Å². The molecule has 0 aromatic heterocycles. The Morgan fingerprint density at radius 2 is 1.71 bits per heavy atom. The number of rotatable bonds is 8. The zero-order valence-corrected chi connectivity index (χ0v) is 14.7. The van der Waals surface area contributed by atoms with Crippen LogP contribution in [-0.2, 0) is 0 Å². The van der Waals surface area contributed by atoms with E-state index in [4.69, 9.17) is 0 Å². The monoisotopic (exact) mass is 295 g/mol. The van der Waals surface area contributed by atoms with E-state index in [0.717, 1.165) is 12.6 Å². The zero-order chi connectivity index (χ0) is 15.1. The quantitative estimate of drug-likeness (QED) is 0.695. The predicted molar refractivity (Wildman–Crippen MR) is 91.8 cm³/mol.